The van der Waals surface area contributed by atoms with E-state index in [2.05, 4.69) is 5.32 Å². The molecule has 0 fully saturated rings. The van der Waals surface area contributed by atoms with E-state index in [1.807, 2.05) is 32.2 Å². The third-order valence-electron chi connectivity index (χ3n) is 1.94. The number of nitrogens with one attached hydrogen (secondary N) is 1. The smallest absolute Gasteiger partial charge is 0.124 e. The first-order valence-electron chi connectivity index (χ1n) is 4.80. The fourth-order valence-corrected chi connectivity index (χ4v) is 1.31. The van der Waals surface area contributed by atoms with Crippen molar-refractivity contribution in [2.24, 2.45) is 0 Å². The SMILES string of the molecule is CNCCC=Cc1cc(C)cc(F)c1. The van der Waals surface area contributed by atoms with Gasteiger partial charge in [0.05, 0.1) is 0 Å². The van der Waals surface area contributed by atoms with Crippen molar-refractivity contribution in [2.75, 3.05) is 13.6 Å². The van der Waals surface area contributed by atoms with Crippen LogP contribution < -0.4 is 5.32 Å². The van der Waals surface area contributed by atoms with E-state index in [1.165, 1.54) is 6.07 Å². The lowest BCUT2D eigenvalue weighted by atomic mass is 10.1. The molecule has 0 radical (unpaired) electrons. The van der Waals surface area contributed by atoms with Gasteiger partial charge in [0.15, 0.2) is 0 Å². The molecule has 0 aromatic heterocycles. The molecule has 1 N–H and O–H groups in total. The maximum absolute atomic E-state index is 13.0. The fraction of sp³-hybridized carbons (Fsp3) is 0.333. The van der Waals surface area contributed by atoms with Crippen LogP contribution in [0.2, 0.25) is 0 Å². The molecule has 0 amide bonds. The number of rotatable bonds is 4. The van der Waals surface area contributed by atoms with Crippen LogP contribution in [0, 0.1) is 12.7 Å². The summed E-state index contributed by atoms with van der Waals surface area (Å²) in [7, 11) is 1.92. The van der Waals surface area contributed by atoms with Crippen LogP contribution in [0.4, 0.5) is 4.39 Å². The van der Waals surface area contributed by atoms with Crippen molar-refractivity contribution < 1.29 is 4.39 Å². The van der Waals surface area contributed by atoms with Gasteiger partial charge in [0.25, 0.3) is 0 Å². The first-order chi connectivity index (χ1) is 6.72. The van der Waals surface area contributed by atoms with Crippen LogP contribution >= 0.6 is 0 Å². The molecule has 0 unspecified atom stereocenters. The maximum Gasteiger partial charge on any atom is 0.124 e. The Morgan fingerprint density at radius 3 is 2.79 bits per heavy atom. The van der Waals surface area contributed by atoms with Crippen LogP contribution in [-0.4, -0.2) is 13.6 Å². The molecular weight excluding hydrogens is 177 g/mol. The van der Waals surface area contributed by atoms with Crippen LogP contribution in [0.1, 0.15) is 17.5 Å². The molecule has 0 aliphatic heterocycles. The molecule has 1 rings (SSSR count). The van der Waals surface area contributed by atoms with Crippen molar-refractivity contribution in [1.82, 2.24) is 5.32 Å². The largest absolute Gasteiger partial charge is 0.319 e. The lowest BCUT2D eigenvalue weighted by Crippen LogP contribution is -2.05. The lowest BCUT2D eigenvalue weighted by molar-refractivity contribution is 0.626. The minimum Gasteiger partial charge on any atom is -0.319 e. The molecule has 0 spiro atoms. The predicted octanol–water partition coefficient (Wildman–Crippen LogP) is 2.76. The van der Waals surface area contributed by atoms with Gasteiger partial charge in [-0.1, -0.05) is 18.2 Å². The van der Waals surface area contributed by atoms with E-state index in [0.29, 0.717) is 0 Å². The van der Waals surface area contributed by atoms with Crippen molar-refractivity contribution >= 4 is 6.08 Å². The average molecular weight is 193 g/mol. The Bertz CT molecular complexity index is 298. The molecule has 0 saturated carbocycles. The molecule has 0 atom stereocenters. The van der Waals surface area contributed by atoms with Gasteiger partial charge in [-0.05, 0) is 50.2 Å². The van der Waals surface area contributed by atoms with Gasteiger partial charge in [-0.2, -0.15) is 0 Å². The number of benzene rings is 1. The Morgan fingerprint density at radius 2 is 2.14 bits per heavy atom. The molecule has 1 nitrogen and oxygen atoms in total. The molecule has 0 aliphatic rings. The van der Waals surface area contributed by atoms with Crippen molar-refractivity contribution in [3.8, 4) is 0 Å². The topological polar surface area (TPSA) is 12.0 Å². The molecule has 76 valence electrons. The van der Waals surface area contributed by atoms with Crippen molar-refractivity contribution in [2.45, 2.75) is 13.3 Å². The van der Waals surface area contributed by atoms with Gasteiger partial charge in [-0.25, -0.2) is 4.39 Å². The Kier molecular flexibility index (Phi) is 4.33. The third-order valence-corrected chi connectivity index (χ3v) is 1.94. The summed E-state index contributed by atoms with van der Waals surface area (Å²) >= 11 is 0. The van der Waals surface area contributed by atoms with E-state index < -0.39 is 0 Å². The van der Waals surface area contributed by atoms with Gasteiger partial charge in [0.2, 0.25) is 0 Å². The molecule has 14 heavy (non-hydrogen) atoms. The predicted molar refractivity (Wildman–Crippen MR) is 58.7 cm³/mol. The molecule has 0 saturated heterocycles. The molecule has 0 bridgehead atoms. The Hall–Kier alpha value is -1.15. The van der Waals surface area contributed by atoms with E-state index >= 15 is 0 Å². The number of aryl methyl sites for hydroxylation is 1. The summed E-state index contributed by atoms with van der Waals surface area (Å²) in [6.07, 6.45) is 4.96. The monoisotopic (exact) mass is 193 g/mol. The fourth-order valence-electron chi connectivity index (χ4n) is 1.31. The zero-order valence-electron chi connectivity index (χ0n) is 8.68. The van der Waals surface area contributed by atoms with Gasteiger partial charge in [0.1, 0.15) is 5.82 Å². The van der Waals surface area contributed by atoms with E-state index in [1.54, 1.807) is 6.07 Å². The standard InChI is InChI=1S/C12H16FN/c1-10-7-11(9-12(13)8-10)5-3-4-6-14-2/h3,5,7-9,14H,4,6H2,1-2H3. The summed E-state index contributed by atoms with van der Waals surface area (Å²) in [6, 6.07) is 5.05. The van der Waals surface area contributed by atoms with E-state index in [9.17, 15) is 4.39 Å². The zero-order valence-corrected chi connectivity index (χ0v) is 8.68. The van der Waals surface area contributed by atoms with Gasteiger partial charge in [-0.3, -0.25) is 0 Å². The van der Waals surface area contributed by atoms with Gasteiger partial charge < -0.3 is 5.32 Å². The summed E-state index contributed by atoms with van der Waals surface area (Å²) in [6.45, 7) is 2.85. The number of hydrogen-bond acceptors (Lipinski definition) is 1. The number of hydrogen-bond donors (Lipinski definition) is 1. The number of halogens is 1. The second-order valence-corrected chi connectivity index (χ2v) is 3.36. The minimum absolute atomic E-state index is 0.168. The molecule has 1 aromatic rings. The maximum atomic E-state index is 13.0. The summed E-state index contributed by atoms with van der Waals surface area (Å²) < 4.78 is 13.0. The third kappa shape index (κ3) is 3.71. The highest BCUT2D eigenvalue weighted by Crippen LogP contribution is 2.09. The summed E-state index contributed by atoms with van der Waals surface area (Å²) in [4.78, 5) is 0. The second kappa shape index (κ2) is 5.55. The van der Waals surface area contributed by atoms with Crippen molar-refractivity contribution in [1.29, 1.82) is 0 Å². The lowest BCUT2D eigenvalue weighted by Gasteiger charge is -1.97. The van der Waals surface area contributed by atoms with E-state index in [0.717, 1.165) is 24.1 Å². The highest BCUT2D eigenvalue weighted by Gasteiger charge is 1.93. The first kappa shape index (κ1) is 10.9. The zero-order chi connectivity index (χ0) is 10.4. The average Bonchev–Trinajstić information content (AvgIpc) is 2.11. The normalized spacial score (nSPS) is 11.1. The summed E-state index contributed by atoms with van der Waals surface area (Å²) in [5.74, 6) is -0.168. The van der Waals surface area contributed by atoms with Gasteiger partial charge in [0, 0.05) is 0 Å². The molecule has 0 aliphatic carbocycles. The van der Waals surface area contributed by atoms with Crippen LogP contribution in [-0.2, 0) is 0 Å². The summed E-state index contributed by atoms with van der Waals surface area (Å²) in [5, 5.41) is 3.05. The van der Waals surface area contributed by atoms with Crippen LogP contribution in [0.25, 0.3) is 6.08 Å². The van der Waals surface area contributed by atoms with Crippen molar-refractivity contribution in [3.05, 3.63) is 41.2 Å². The molecule has 2 heteroatoms. The highest BCUT2D eigenvalue weighted by atomic mass is 19.1. The van der Waals surface area contributed by atoms with E-state index in [-0.39, 0.29) is 5.82 Å². The second-order valence-electron chi connectivity index (χ2n) is 3.36. The Labute approximate surface area is 84.6 Å². The van der Waals surface area contributed by atoms with Crippen LogP contribution in [0.3, 0.4) is 0 Å². The first-order valence-corrected chi connectivity index (χ1v) is 4.80. The summed E-state index contributed by atoms with van der Waals surface area (Å²) in [5.41, 5.74) is 1.89. The molecule has 1 aromatic carbocycles. The Balaban J connectivity index is 2.62. The quantitative estimate of drug-likeness (QED) is 0.725. The molecular formula is C12H16FN. The van der Waals surface area contributed by atoms with Crippen molar-refractivity contribution in [3.63, 3.8) is 0 Å². The Morgan fingerprint density at radius 1 is 1.36 bits per heavy atom. The van der Waals surface area contributed by atoms with Crippen LogP contribution in [0.15, 0.2) is 24.3 Å². The minimum atomic E-state index is -0.168. The van der Waals surface area contributed by atoms with E-state index in [4.69, 9.17) is 0 Å². The van der Waals surface area contributed by atoms with Gasteiger partial charge >= 0.3 is 0 Å². The highest BCUT2D eigenvalue weighted by molar-refractivity contribution is 5.50. The van der Waals surface area contributed by atoms with Crippen LogP contribution in [0.5, 0.6) is 0 Å². The molecule has 0 heterocycles. The van der Waals surface area contributed by atoms with Gasteiger partial charge in [-0.15, -0.1) is 0 Å².